The van der Waals surface area contributed by atoms with Crippen LogP contribution in [0.15, 0.2) is 24.3 Å². The van der Waals surface area contributed by atoms with Crippen LogP contribution >= 0.6 is 0 Å². The lowest BCUT2D eigenvalue weighted by Crippen LogP contribution is -2.33. The minimum atomic E-state index is -0.464. The zero-order valence-electron chi connectivity index (χ0n) is 11.6. The molecule has 0 radical (unpaired) electrons. The van der Waals surface area contributed by atoms with Crippen molar-refractivity contribution >= 4 is 0 Å². The van der Waals surface area contributed by atoms with E-state index in [1.54, 1.807) is 0 Å². The summed E-state index contributed by atoms with van der Waals surface area (Å²) in [5.41, 5.74) is 1.09. The molecule has 2 atom stereocenters. The first kappa shape index (κ1) is 15.0. The molecule has 1 aromatic carbocycles. The molecule has 3 heteroatoms. The van der Waals surface area contributed by atoms with Crippen LogP contribution in [-0.4, -0.2) is 30.9 Å². The lowest BCUT2D eigenvalue weighted by Gasteiger charge is -2.16. The second-order valence-corrected chi connectivity index (χ2v) is 4.90. The Morgan fingerprint density at radius 1 is 1.28 bits per heavy atom. The highest BCUT2D eigenvalue weighted by molar-refractivity contribution is 5.31. The molecular weight excluding hydrogens is 226 g/mol. The molecule has 0 saturated heterocycles. The Hall–Kier alpha value is -1.06. The van der Waals surface area contributed by atoms with E-state index in [1.807, 2.05) is 31.2 Å². The van der Waals surface area contributed by atoms with Gasteiger partial charge >= 0.3 is 0 Å². The van der Waals surface area contributed by atoms with Gasteiger partial charge < -0.3 is 15.2 Å². The first-order valence-electron chi connectivity index (χ1n) is 6.70. The number of para-hydroxylation sites is 1. The van der Waals surface area contributed by atoms with E-state index in [0.29, 0.717) is 19.1 Å². The average Bonchev–Trinajstić information content (AvgIpc) is 2.37. The molecule has 0 aliphatic rings. The van der Waals surface area contributed by atoms with Gasteiger partial charge in [-0.15, -0.1) is 0 Å². The number of benzene rings is 1. The number of hydrogen-bond acceptors (Lipinski definition) is 3. The SMILES string of the molecule is CCC(C)CNCC(O)COc1ccccc1C. The Bertz CT molecular complexity index is 341. The van der Waals surface area contributed by atoms with Crippen LogP contribution in [0.5, 0.6) is 5.75 Å². The summed E-state index contributed by atoms with van der Waals surface area (Å²) in [6.07, 6.45) is 0.691. The summed E-state index contributed by atoms with van der Waals surface area (Å²) in [5.74, 6) is 1.49. The van der Waals surface area contributed by atoms with E-state index in [9.17, 15) is 5.11 Å². The fraction of sp³-hybridized carbons (Fsp3) is 0.600. The van der Waals surface area contributed by atoms with Crippen molar-refractivity contribution in [2.75, 3.05) is 19.7 Å². The zero-order chi connectivity index (χ0) is 13.4. The Balaban J connectivity index is 2.21. The minimum Gasteiger partial charge on any atom is -0.491 e. The summed E-state index contributed by atoms with van der Waals surface area (Å²) in [5, 5.41) is 13.1. The van der Waals surface area contributed by atoms with Gasteiger partial charge in [-0.25, -0.2) is 0 Å². The van der Waals surface area contributed by atoms with E-state index in [2.05, 4.69) is 19.2 Å². The van der Waals surface area contributed by atoms with Crippen LogP contribution in [0.2, 0.25) is 0 Å². The maximum atomic E-state index is 9.80. The van der Waals surface area contributed by atoms with Gasteiger partial charge in [0.05, 0.1) is 0 Å². The molecule has 0 aliphatic carbocycles. The molecule has 102 valence electrons. The van der Waals surface area contributed by atoms with Gasteiger partial charge in [0.15, 0.2) is 0 Å². The molecule has 0 amide bonds. The summed E-state index contributed by atoms with van der Waals surface area (Å²) in [6, 6.07) is 7.85. The Labute approximate surface area is 110 Å². The molecule has 0 fully saturated rings. The molecule has 2 N–H and O–H groups in total. The maximum absolute atomic E-state index is 9.80. The van der Waals surface area contributed by atoms with Crippen molar-refractivity contribution in [3.8, 4) is 5.75 Å². The molecule has 0 heterocycles. The van der Waals surface area contributed by atoms with E-state index in [1.165, 1.54) is 0 Å². The topological polar surface area (TPSA) is 41.5 Å². The van der Waals surface area contributed by atoms with Gasteiger partial charge in [0.2, 0.25) is 0 Å². The summed E-state index contributed by atoms with van der Waals surface area (Å²) < 4.78 is 5.59. The van der Waals surface area contributed by atoms with Crippen LogP contribution in [0.4, 0.5) is 0 Å². The summed E-state index contributed by atoms with van der Waals surface area (Å²) >= 11 is 0. The van der Waals surface area contributed by atoms with Crippen molar-refractivity contribution < 1.29 is 9.84 Å². The molecule has 0 bridgehead atoms. The molecular formula is C15H25NO2. The van der Waals surface area contributed by atoms with Gasteiger partial charge in [0, 0.05) is 6.54 Å². The molecule has 1 rings (SSSR count). The molecule has 18 heavy (non-hydrogen) atoms. The Kier molecular flexibility index (Phi) is 6.76. The van der Waals surface area contributed by atoms with Gasteiger partial charge in [0.1, 0.15) is 18.5 Å². The number of nitrogens with one attached hydrogen (secondary N) is 1. The highest BCUT2D eigenvalue weighted by Gasteiger charge is 2.07. The molecule has 0 spiro atoms. The van der Waals surface area contributed by atoms with Crippen LogP contribution in [0.3, 0.4) is 0 Å². The van der Waals surface area contributed by atoms with Gasteiger partial charge in [-0.05, 0) is 31.0 Å². The first-order valence-corrected chi connectivity index (χ1v) is 6.70. The lowest BCUT2D eigenvalue weighted by molar-refractivity contribution is 0.105. The number of aryl methyl sites for hydroxylation is 1. The maximum Gasteiger partial charge on any atom is 0.122 e. The predicted octanol–water partition coefficient (Wildman–Crippen LogP) is 2.37. The van der Waals surface area contributed by atoms with Crippen molar-refractivity contribution in [2.24, 2.45) is 5.92 Å². The molecule has 3 nitrogen and oxygen atoms in total. The van der Waals surface area contributed by atoms with E-state index >= 15 is 0 Å². The van der Waals surface area contributed by atoms with Gasteiger partial charge in [-0.2, -0.15) is 0 Å². The summed E-state index contributed by atoms with van der Waals surface area (Å²) in [4.78, 5) is 0. The summed E-state index contributed by atoms with van der Waals surface area (Å²) in [7, 11) is 0. The van der Waals surface area contributed by atoms with Crippen LogP contribution in [0.1, 0.15) is 25.8 Å². The predicted molar refractivity (Wildman–Crippen MR) is 75.0 cm³/mol. The van der Waals surface area contributed by atoms with Crippen LogP contribution in [0.25, 0.3) is 0 Å². The Morgan fingerprint density at radius 3 is 2.67 bits per heavy atom. The normalized spacial score (nSPS) is 14.2. The third kappa shape index (κ3) is 5.52. The smallest absolute Gasteiger partial charge is 0.122 e. The quantitative estimate of drug-likeness (QED) is 0.745. The first-order chi connectivity index (χ1) is 8.63. The van der Waals surface area contributed by atoms with E-state index in [0.717, 1.165) is 24.3 Å². The number of ether oxygens (including phenoxy) is 1. The highest BCUT2D eigenvalue weighted by atomic mass is 16.5. The number of aliphatic hydroxyl groups excluding tert-OH is 1. The second-order valence-electron chi connectivity index (χ2n) is 4.90. The van der Waals surface area contributed by atoms with E-state index in [-0.39, 0.29) is 0 Å². The molecule has 1 aromatic rings. The molecule has 2 unspecified atom stereocenters. The lowest BCUT2D eigenvalue weighted by atomic mass is 10.1. The molecule has 0 saturated carbocycles. The van der Waals surface area contributed by atoms with Crippen molar-refractivity contribution in [2.45, 2.75) is 33.3 Å². The van der Waals surface area contributed by atoms with Crippen LogP contribution < -0.4 is 10.1 Å². The van der Waals surface area contributed by atoms with Crippen LogP contribution in [0, 0.1) is 12.8 Å². The fourth-order valence-corrected chi connectivity index (χ4v) is 1.60. The highest BCUT2D eigenvalue weighted by Crippen LogP contribution is 2.16. The Morgan fingerprint density at radius 2 is 2.00 bits per heavy atom. The monoisotopic (exact) mass is 251 g/mol. The standard InChI is InChI=1S/C15H25NO2/c1-4-12(2)9-16-10-14(17)11-18-15-8-6-5-7-13(15)3/h5-8,12,14,16-17H,4,9-11H2,1-3H3. The van der Waals surface area contributed by atoms with Crippen molar-refractivity contribution in [3.05, 3.63) is 29.8 Å². The third-order valence-corrected chi connectivity index (χ3v) is 3.09. The van der Waals surface area contributed by atoms with Crippen LogP contribution in [-0.2, 0) is 0 Å². The number of aliphatic hydroxyl groups is 1. The largest absolute Gasteiger partial charge is 0.491 e. The van der Waals surface area contributed by atoms with E-state index < -0.39 is 6.10 Å². The third-order valence-electron chi connectivity index (χ3n) is 3.09. The fourth-order valence-electron chi connectivity index (χ4n) is 1.60. The van der Waals surface area contributed by atoms with E-state index in [4.69, 9.17) is 4.74 Å². The number of rotatable bonds is 8. The summed E-state index contributed by atoms with van der Waals surface area (Å²) in [6.45, 7) is 8.22. The zero-order valence-corrected chi connectivity index (χ0v) is 11.6. The van der Waals surface area contributed by atoms with Crippen molar-refractivity contribution in [3.63, 3.8) is 0 Å². The minimum absolute atomic E-state index is 0.332. The second kappa shape index (κ2) is 8.11. The van der Waals surface area contributed by atoms with Gasteiger partial charge in [-0.3, -0.25) is 0 Å². The van der Waals surface area contributed by atoms with Crippen molar-refractivity contribution in [1.82, 2.24) is 5.32 Å². The van der Waals surface area contributed by atoms with Crippen molar-refractivity contribution in [1.29, 1.82) is 0 Å². The number of hydrogen-bond donors (Lipinski definition) is 2. The van der Waals surface area contributed by atoms with Gasteiger partial charge in [-0.1, -0.05) is 38.5 Å². The molecule has 0 aliphatic heterocycles. The molecule has 0 aromatic heterocycles. The van der Waals surface area contributed by atoms with Gasteiger partial charge in [0.25, 0.3) is 0 Å². The average molecular weight is 251 g/mol.